The first kappa shape index (κ1) is 24.6. The quantitative estimate of drug-likeness (QED) is 0.406. The van der Waals surface area contributed by atoms with E-state index >= 15 is 0 Å². The molecule has 0 aliphatic heterocycles. The third-order valence-corrected chi connectivity index (χ3v) is 6.11. The standard InChI is InChI=1S/C22H43N5O/c1-16(2)8-10-26-21(28)19-13-17(7-9-22(19,3)4)20(24)18(14-23)15-27(6)12-11-25-5/h14,16-17,19,23,25H,7-13,15,24H2,1-6H3,(H,26,28). The monoisotopic (exact) mass is 393 g/mol. The summed E-state index contributed by atoms with van der Waals surface area (Å²) in [5.74, 6) is 0.876. The highest BCUT2D eigenvalue weighted by Gasteiger charge is 2.41. The summed E-state index contributed by atoms with van der Waals surface area (Å²) >= 11 is 0. The van der Waals surface area contributed by atoms with Gasteiger partial charge in [-0.2, -0.15) is 0 Å². The lowest BCUT2D eigenvalue weighted by Gasteiger charge is -2.41. The van der Waals surface area contributed by atoms with Crippen LogP contribution < -0.4 is 16.4 Å². The Morgan fingerprint density at radius 3 is 2.61 bits per heavy atom. The molecule has 0 spiro atoms. The fourth-order valence-electron chi connectivity index (χ4n) is 3.95. The minimum Gasteiger partial charge on any atom is -0.402 e. The zero-order chi connectivity index (χ0) is 21.3. The van der Waals surface area contributed by atoms with Gasteiger partial charge in [-0.25, -0.2) is 0 Å². The number of likely N-dealkylation sites (N-methyl/N-ethyl adjacent to an activating group) is 2. The van der Waals surface area contributed by atoms with Crippen molar-refractivity contribution in [2.75, 3.05) is 40.3 Å². The molecule has 162 valence electrons. The molecule has 0 saturated heterocycles. The van der Waals surface area contributed by atoms with Gasteiger partial charge in [0.2, 0.25) is 5.91 Å². The molecule has 1 fully saturated rings. The Morgan fingerprint density at radius 2 is 2.04 bits per heavy atom. The number of hydrogen-bond acceptors (Lipinski definition) is 5. The summed E-state index contributed by atoms with van der Waals surface area (Å²) in [7, 11) is 3.98. The topological polar surface area (TPSA) is 94.2 Å². The molecule has 5 N–H and O–H groups in total. The Balaban J connectivity index is 2.84. The van der Waals surface area contributed by atoms with Gasteiger partial charge < -0.3 is 26.7 Å². The van der Waals surface area contributed by atoms with E-state index in [4.69, 9.17) is 11.1 Å². The van der Waals surface area contributed by atoms with Crippen molar-refractivity contribution in [3.8, 4) is 0 Å². The Bertz CT molecular complexity index is 541. The number of allylic oxidation sites excluding steroid dienone is 1. The van der Waals surface area contributed by atoms with Gasteiger partial charge in [0, 0.05) is 49.6 Å². The summed E-state index contributed by atoms with van der Waals surface area (Å²) in [6, 6.07) is 0. The third kappa shape index (κ3) is 7.55. The number of rotatable bonds is 11. The molecule has 0 bridgehead atoms. The average molecular weight is 394 g/mol. The summed E-state index contributed by atoms with van der Waals surface area (Å²) in [4.78, 5) is 15.0. The van der Waals surface area contributed by atoms with E-state index in [0.29, 0.717) is 12.5 Å². The highest BCUT2D eigenvalue weighted by molar-refractivity contribution is 5.80. The van der Waals surface area contributed by atoms with Crippen molar-refractivity contribution in [3.63, 3.8) is 0 Å². The lowest BCUT2D eigenvalue weighted by molar-refractivity contribution is -0.130. The molecule has 1 rings (SSSR count). The molecule has 0 radical (unpaired) electrons. The van der Waals surface area contributed by atoms with Gasteiger partial charge in [0.05, 0.1) is 0 Å². The van der Waals surface area contributed by atoms with E-state index < -0.39 is 0 Å². The summed E-state index contributed by atoms with van der Waals surface area (Å²) in [5, 5.41) is 14.1. The van der Waals surface area contributed by atoms with Gasteiger partial charge in [0.1, 0.15) is 0 Å². The molecule has 0 aromatic heterocycles. The molecule has 28 heavy (non-hydrogen) atoms. The smallest absolute Gasteiger partial charge is 0.223 e. The molecule has 0 heterocycles. The fourth-order valence-corrected chi connectivity index (χ4v) is 3.95. The van der Waals surface area contributed by atoms with Crippen molar-refractivity contribution < 1.29 is 4.79 Å². The van der Waals surface area contributed by atoms with Crippen LogP contribution in [0.4, 0.5) is 0 Å². The van der Waals surface area contributed by atoms with Gasteiger partial charge in [-0.15, -0.1) is 0 Å². The Hall–Kier alpha value is -1.40. The van der Waals surface area contributed by atoms with Gasteiger partial charge in [-0.1, -0.05) is 27.7 Å². The van der Waals surface area contributed by atoms with Crippen LogP contribution in [-0.2, 0) is 4.79 Å². The second-order valence-electron chi connectivity index (χ2n) is 9.45. The van der Waals surface area contributed by atoms with E-state index in [2.05, 4.69) is 43.2 Å². The molecule has 1 amide bonds. The van der Waals surface area contributed by atoms with Gasteiger partial charge in [0.15, 0.2) is 0 Å². The maximum Gasteiger partial charge on any atom is 0.223 e. The Kier molecular flexibility index (Phi) is 10.2. The summed E-state index contributed by atoms with van der Waals surface area (Å²) < 4.78 is 0. The summed E-state index contributed by atoms with van der Waals surface area (Å²) in [6.07, 6.45) is 5.11. The normalized spacial score (nSPS) is 22.9. The fraction of sp³-hybridized carbons (Fsp3) is 0.818. The van der Waals surface area contributed by atoms with Crippen molar-refractivity contribution in [2.45, 2.75) is 53.4 Å². The van der Waals surface area contributed by atoms with Crippen molar-refractivity contribution >= 4 is 12.1 Å². The molecule has 0 aromatic carbocycles. The van der Waals surface area contributed by atoms with Crippen LogP contribution in [0.2, 0.25) is 0 Å². The minimum absolute atomic E-state index is 0.0207. The predicted molar refractivity (Wildman–Crippen MR) is 118 cm³/mol. The second-order valence-corrected chi connectivity index (χ2v) is 9.45. The summed E-state index contributed by atoms with van der Waals surface area (Å²) in [6.45, 7) is 11.9. The van der Waals surface area contributed by atoms with Crippen molar-refractivity contribution in [1.29, 1.82) is 5.41 Å². The van der Waals surface area contributed by atoms with Crippen LogP contribution in [0.3, 0.4) is 0 Å². The number of amides is 1. The highest BCUT2D eigenvalue weighted by Crippen LogP contribution is 2.45. The zero-order valence-electron chi connectivity index (χ0n) is 18.9. The molecular formula is C22H43N5O. The van der Waals surface area contributed by atoms with E-state index in [-0.39, 0.29) is 23.2 Å². The molecule has 2 atom stereocenters. The van der Waals surface area contributed by atoms with E-state index in [1.54, 1.807) is 0 Å². The largest absolute Gasteiger partial charge is 0.402 e. The van der Waals surface area contributed by atoms with Crippen LogP contribution in [0.1, 0.15) is 53.4 Å². The molecular weight excluding hydrogens is 350 g/mol. The maximum atomic E-state index is 12.9. The lowest BCUT2D eigenvalue weighted by atomic mass is 9.64. The zero-order valence-corrected chi connectivity index (χ0v) is 18.9. The van der Waals surface area contributed by atoms with Crippen molar-refractivity contribution in [3.05, 3.63) is 11.3 Å². The van der Waals surface area contributed by atoms with Crippen molar-refractivity contribution in [2.24, 2.45) is 28.9 Å². The molecule has 1 aliphatic rings. The van der Waals surface area contributed by atoms with Crippen molar-refractivity contribution in [1.82, 2.24) is 15.5 Å². The molecule has 0 aromatic rings. The Morgan fingerprint density at radius 1 is 1.36 bits per heavy atom. The third-order valence-electron chi connectivity index (χ3n) is 6.11. The number of nitrogens with two attached hydrogens (primary N) is 1. The lowest BCUT2D eigenvalue weighted by Crippen LogP contribution is -2.44. The molecule has 6 heteroatoms. The summed E-state index contributed by atoms with van der Waals surface area (Å²) in [5.41, 5.74) is 8.18. The highest BCUT2D eigenvalue weighted by atomic mass is 16.1. The first-order chi connectivity index (χ1) is 13.1. The van der Waals surface area contributed by atoms with Crippen LogP contribution in [0.15, 0.2) is 11.3 Å². The molecule has 2 unspecified atom stereocenters. The molecule has 6 nitrogen and oxygen atoms in total. The molecule has 1 saturated carbocycles. The van der Waals surface area contributed by atoms with Gasteiger partial charge >= 0.3 is 0 Å². The maximum absolute atomic E-state index is 12.9. The van der Waals surface area contributed by atoms with Crippen LogP contribution >= 0.6 is 0 Å². The van der Waals surface area contributed by atoms with Gasteiger partial charge in [-0.3, -0.25) is 4.79 Å². The minimum atomic E-state index is -0.0361. The van der Waals surface area contributed by atoms with Gasteiger partial charge in [-0.05, 0) is 57.0 Å². The SMILES string of the molecule is CNCCN(C)CC(C=N)=C(N)C1CCC(C)(C)C(C(=O)NCCC(C)C)C1. The van der Waals surface area contributed by atoms with E-state index in [9.17, 15) is 4.79 Å². The molecule has 1 aliphatic carbocycles. The van der Waals surface area contributed by atoms with E-state index in [1.807, 2.05) is 14.1 Å². The number of nitrogens with zero attached hydrogens (tertiary/aromatic N) is 1. The first-order valence-electron chi connectivity index (χ1n) is 10.7. The van der Waals surface area contributed by atoms with Crippen LogP contribution in [0.25, 0.3) is 0 Å². The average Bonchev–Trinajstić information content (AvgIpc) is 2.63. The first-order valence-corrected chi connectivity index (χ1v) is 10.7. The Labute approximate surface area is 172 Å². The van der Waals surface area contributed by atoms with Crippen LogP contribution in [-0.4, -0.2) is 57.3 Å². The second kappa shape index (κ2) is 11.6. The number of nitrogens with one attached hydrogen (secondary N) is 3. The number of carbonyl (C=O) groups is 1. The van der Waals surface area contributed by atoms with Gasteiger partial charge in [0.25, 0.3) is 0 Å². The van der Waals surface area contributed by atoms with Crippen LogP contribution in [0.5, 0.6) is 0 Å². The number of carbonyl (C=O) groups excluding carboxylic acids is 1. The predicted octanol–water partition coefficient (Wildman–Crippen LogP) is 2.60. The number of hydrogen-bond donors (Lipinski definition) is 4. The van der Waals surface area contributed by atoms with E-state index in [0.717, 1.165) is 56.6 Å². The van der Waals surface area contributed by atoms with Crippen LogP contribution in [0, 0.1) is 28.6 Å². The van der Waals surface area contributed by atoms with E-state index in [1.165, 1.54) is 6.21 Å².